The van der Waals surface area contributed by atoms with Crippen LogP contribution in [-0.4, -0.2) is 15.0 Å². The molecule has 20 heavy (non-hydrogen) atoms. The highest BCUT2D eigenvalue weighted by molar-refractivity contribution is 5.78. The average Bonchev–Trinajstić information content (AvgIpc) is 2.91. The van der Waals surface area contributed by atoms with Gasteiger partial charge in [-0.3, -0.25) is 15.0 Å². The Labute approximate surface area is 116 Å². The summed E-state index contributed by atoms with van der Waals surface area (Å²) in [6.45, 7) is 0. The molecule has 0 saturated heterocycles. The zero-order valence-corrected chi connectivity index (χ0v) is 11.0. The monoisotopic (exact) mass is 262 g/mol. The van der Waals surface area contributed by atoms with Gasteiger partial charge in [-0.2, -0.15) is 0 Å². The molecule has 0 spiro atoms. The van der Waals surface area contributed by atoms with Gasteiger partial charge in [-0.25, -0.2) is 0 Å². The Morgan fingerprint density at radius 1 is 0.950 bits per heavy atom. The van der Waals surface area contributed by atoms with Crippen molar-refractivity contribution in [2.24, 2.45) is 0 Å². The van der Waals surface area contributed by atoms with Crippen molar-refractivity contribution in [1.82, 2.24) is 15.0 Å². The fourth-order valence-electron chi connectivity index (χ4n) is 2.81. The molecule has 1 unspecified atom stereocenters. The minimum Gasteiger partial charge on any atom is -0.377 e. The molecular weight excluding hydrogens is 248 g/mol. The van der Waals surface area contributed by atoms with Gasteiger partial charge in [0, 0.05) is 24.3 Å². The molecule has 4 rings (SSSR count). The number of benzene rings is 1. The fourth-order valence-corrected chi connectivity index (χ4v) is 2.81. The highest BCUT2D eigenvalue weighted by atomic mass is 15.0. The summed E-state index contributed by atoms with van der Waals surface area (Å²) in [5.74, 6) is 0. The number of fused-ring (bicyclic) bond motifs is 2. The van der Waals surface area contributed by atoms with Gasteiger partial charge in [0.1, 0.15) is 0 Å². The first-order valence-corrected chi connectivity index (χ1v) is 6.81. The first-order valence-electron chi connectivity index (χ1n) is 6.81. The summed E-state index contributed by atoms with van der Waals surface area (Å²) in [5, 5.41) is 3.56. The Kier molecular flexibility index (Phi) is 2.59. The number of aryl methyl sites for hydroxylation is 1. The third-order valence-electron chi connectivity index (χ3n) is 3.77. The molecule has 2 aromatic heterocycles. The smallest absolute Gasteiger partial charge is 0.0907 e. The molecule has 1 aliphatic rings. The van der Waals surface area contributed by atoms with Crippen LogP contribution in [0.25, 0.3) is 11.0 Å². The van der Waals surface area contributed by atoms with Crippen molar-refractivity contribution in [3.05, 3.63) is 60.2 Å². The summed E-state index contributed by atoms with van der Waals surface area (Å²) in [7, 11) is 0. The number of hydrogen-bond acceptors (Lipinski definition) is 4. The Balaban J connectivity index is 1.65. The number of aromatic nitrogens is 3. The summed E-state index contributed by atoms with van der Waals surface area (Å²) in [6, 6.07) is 10.6. The maximum absolute atomic E-state index is 4.51. The van der Waals surface area contributed by atoms with Gasteiger partial charge >= 0.3 is 0 Å². The quantitative estimate of drug-likeness (QED) is 0.771. The molecule has 4 nitrogen and oxygen atoms in total. The van der Waals surface area contributed by atoms with Gasteiger partial charge < -0.3 is 5.32 Å². The van der Waals surface area contributed by atoms with E-state index in [1.165, 1.54) is 11.3 Å². The lowest BCUT2D eigenvalue weighted by atomic mass is 10.2. The molecule has 3 aromatic rings. The molecule has 0 fully saturated rings. The second kappa shape index (κ2) is 4.56. The van der Waals surface area contributed by atoms with Gasteiger partial charge in [0.25, 0.3) is 0 Å². The molecule has 0 saturated carbocycles. The molecule has 0 radical (unpaired) electrons. The van der Waals surface area contributed by atoms with Crippen LogP contribution in [0.1, 0.15) is 23.7 Å². The Hall–Kier alpha value is -2.49. The van der Waals surface area contributed by atoms with Crippen LogP contribution in [0.5, 0.6) is 0 Å². The minimum absolute atomic E-state index is 0.292. The van der Waals surface area contributed by atoms with Gasteiger partial charge in [0.05, 0.1) is 22.8 Å². The normalized spacial score (nSPS) is 17.1. The summed E-state index contributed by atoms with van der Waals surface area (Å²) in [4.78, 5) is 13.1. The van der Waals surface area contributed by atoms with Gasteiger partial charge in [-0.1, -0.05) is 6.07 Å². The third kappa shape index (κ3) is 1.90. The van der Waals surface area contributed by atoms with Crippen molar-refractivity contribution in [2.75, 3.05) is 5.32 Å². The zero-order chi connectivity index (χ0) is 13.4. The maximum Gasteiger partial charge on any atom is 0.0907 e. The second-order valence-electron chi connectivity index (χ2n) is 5.04. The molecule has 1 N–H and O–H groups in total. The predicted octanol–water partition coefficient (Wildman–Crippen LogP) is 3.12. The van der Waals surface area contributed by atoms with Gasteiger partial charge in [-0.15, -0.1) is 0 Å². The standard InChI is InChI=1S/C16H14N4/c1-2-11-3-5-14(16(11)19-7-1)20-12-4-6-13-15(10-12)18-9-8-17-13/h1-2,4,6-10,14,20H,3,5H2. The number of nitrogens with one attached hydrogen (secondary N) is 1. The Morgan fingerprint density at radius 3 is 2.80 bits per heavy atom. The van der Waals surface area contributed by atoms with E-state index in [2.05, 4.69) is 32.4 Å². The highest BCUT2D eigenvalue weighted by Gasteiger charge is 2.23. The van der Waals surface area contributed by atoms with Crippen LogP contribution in [0.4, 0.5) is 5.69 Å². The van der Waals surface area contributed by atoms with Crippen molar-refractivity contribution < 1.29 is 0 Å². The van der Waals surface area contributed by atoms with E-state index in [4.69, 9.17) is 0 Å². The number of nitrogens with zero attached hydrogens (tertiary/aromatic N) is 3. The van der Waals surface area contributed by atoms with E-state index in [9.17, 15) is 0 Å². The number of pyridine rings is 1. The van der Waals surface area contributed by atoms with Crippen molar-refractivity contribution in [2.45, 2.75) is 18.9 Å². The zero-order valence-electron chi connectivity index (χ0n) is 11.0. The summed E-state index contributed by atoms with van der Waals surface area (Å²) >= 11 is 0. The van der Waals surface area contributed by atoms with E-state index in [-0.39, 0.29) is 0 Å². The molecule has 0 aliphatic heterocycles. The lowest BCUT2D eigenvalue weighted by molar-refractivity contribution is 0.746. The van der Waals surface area contributed by atoms with Gasteiger partial charge in [0.2, 0.25) is 0 Å². The molecular formula is C16H14N4. The molecule has 98 valence electrons. The molecule has 1 aliphatic carbocycles. The predicted molar refractivity (Wildman–Crippen MR) is 78.5 cm³/mol. The molecule has 1 aromatic carbocycles. The first-order chi connectivity index (χ1) is 9.90. The molecule has 0 bridgehead atoms. The SMILES string of the molecule is c1cnc2c(c1)CCC2Nc1ccc2nccnc2c1. The van der Waals surface area contributed by atoms with E-state index in [1.54, 1.807) is 12.4 Å². The number of rotatable bonds is 2. The number of anilines is 1. The van der Waals surface area contributed by atoms with Crippen LogP contribution >= 0.6 is 0 Å². The van der Waals surface area contributed by atoms with E-state index >= 15 is 0 Å². The summed E-state index contributed by atoms with van der Waals surface area (Å²) in [6.07, 6.45) is 7.48. The summed E-state index contributed by atoms with van der Waals surface area (Å²) in [5.41, 5.74) is 5.43. The average molecular weight is 262 g/mol. The van der Waals surface area contributed by atoms with Crippen LogP contribution < -0.4 is 5.32 Å². The van der Waals surface area contributed by atoms with E-state index < -0.39 is 0 Å². The van der Waals surface area contributed by atoms with Crippen molar-refractivity contribution in [3.8, 4) is 0 Å². The molecule has 1 atom stereocenters. The number of hydrogen-bond donors (Lipinski definition) is 1. The first kappa shape index (κ1) is 11.3. The minimum atomic E-state index is 0.292. The lowest BCUT2D eigenvalue weighted by Gasteiger charge is -2.14. The third-order valence-corrected chi connectivity index (χ3v) is 3.77. The van der Waals surface area contributed by atoms with E-state index in [0.29, 0.717) is 6.04 Å². The Morgan fingerprint density at radius 2 is 1.85 bits per heavy atom. The van der Waals surface area contributed by atoms with Crippen LogP contribution in [-0.2, 0) is 6.42 Å². The maximum atomic E-state index is 4.51. The van der Waals surface area contributed by atoms with E-state index in [0.717, 1.165) is 29.6 Å². The molecule has 0 amide bonds. The van der Waals surface area contributed by atoms with E-state index in [1.807, 2.05) is 24.4 Å². The van der Waals surface area contributed by atoms with Crippen LogP contribution in [0.15, 0.2) is 48.9 Å². The van der Waals surface area contributed by atoms with Crippen LogP contribution in [0.2, 0.25) is 0 Å². The topological polar surface area (TPSA) is 50.7 Å². The second-order valence-corrected chi connectivity index (χ2v) is 5.04. The van der Waals surface area contributed by atoms with Gasteiger partial charge in [0.15, 0.2) is 0 Å². The van der Waals surface area contributed by atoms with Crippen molar-refractivity contribution in [3.63, 3.8) is 0 Å². The van der Waals surface area contributed by atoms with Crippen molar-refractivity contribution >= 4 is 16.7 Å². The van der Waals surface area contributed by atoms with Gasteiger partial charge in [-0.05, 0) is 42.7 Å². The highest BCUT2D eigenvalue weighted by Crippen LogP contribution is 2.32. The lowest BCUT2D eigenvalue weighted by Crippen LogP contribution is -2.08. The summed E-state index contributed by atoms with van der Waals surface area (Å²) < 4.78 is 0. The fraction of sp³-hybridized carbons (Fsp3) is 0.188. The Bertz CT molecular complexity index is 769. The van der Waals surface area contributed by atoms with Crippen LogP contribution in [0, 0.1) is 0 Å². The largest absolute Gasteiger partial charge is 0.377 e. The van der Waals surface area contributed by atoms with Crippen LogP contribution in [0.3, 0.4) is 0 Å². The molecule has 4 heteroatoms. The molecule has 2 heterocycles. The van der Waals surface area contributed by atoms with Crippen molar-refractivity contribution in [1.29, 1.82) is 0 Å².